The van der Waals surface area contributed by atoms with Crippen molar-refractivity contribution in [1.82, 2.24) is 0 Å². The number of hydrogen-bond acceptors (Lipinski definition) is 0. The van der Waals surface area contributed by atoms with Gasteiger partial charge >= 0.3 is 0 Å². The van der Waals surface area contributed by atoms with Gasteiger partial charge in [0.2, 0.25) is 0 Å². The molecule has 0 bridgehead atoms. The summed E-state index contributed by atoms with van der Waals surface area (Å²) in [4.78, 5) is 0. The van der Waals surface area contributed by atoms with Crippen LogP contribution in [0, 0.1) is 35.3 Å². The second kappa shape index (κ2) is 8.32. The van der Waals surface area contributed by atoms with Crippen LogP contribution in [0.5, 0.6) is 0 Å². The molecular weight excluding hydrogens is 278 g/mol. The van der Waals surface area contributed by atoms with E-state index in [4.69, 9.17) is 0 Å². The van der Waals surface area contributed by atoms with Gasteiger partial charge in [0.25, 0.3) is 0 Å². The van der Waals surface area contributed by atoms with Crippen molar-refractivity contribution in [2.75, 3.05) is 0 Å². The van der Waals surface area contributed by atoms with Gasteiger partial charge in [0.15, 0.2) is 11.6 Å². The van der Waals surface area contributed by atoms with E-state index in [0.717, 1.165) is 12.3 Å². The molecule has 22 heavy (non-hydrogen) atoms. The molecular formula is C20H26F2. The lowest BCUT2D eigenvalue weighted by Crippen LogP contribution is -2.15. The molecule has 2 heteroatoms. The van der Waals surface area contributed by atoms with Crippen molar-refractivity contribution in [1.29, 1.82) is 0 Å². The Morgan fingerprint density at radius 1 is 1.00 bits per heavy atom. The van der Waals surface area contributed by atoms with Crippen LogP contribution in [0.2, 0.25) is 0 Å². The molecule has 0 amide bonds. The molecule has 2 rings (SSSR count). The predicted molar refractivity (Wildman–Crippen MR) is 87.6 cm³/mol. The Kier molecular flexibility index (Phi) is 6.43. The smallest absolute Gasteiger partial charge is 0.174 e. The van der Waals surface area contributed by atoms with Crippen LogP contribution in [0.1, 0.15) is 69.9 Å². The fourth-order valence-electron chi connectivity index (χ4n) is 3.59. The van der Waals surface area contributed by atoms with Crippen molar-refractivity contribution >= 4 is 0 Å². The minimum Gasteiger partial charge on any atom is -0.203 e. The summed E-state index contributed by atoms with van der Waals surface area (Å²) in [5.74, 6) is 5.28. The Balaban J connectivity index is 1.90. The normalized spacial score (nSPS) is 21.3. The summed E-state index contributed by atoms with van der Waals surface area (Å²) in [5, 5.41) is 0. The highest BCUT2D eigenvalue weighted by Crippen LogP contribution is 2.34. The first-order valence-electron chi connectivity index (χ1n) is 8.55. The summed E-state index contributed by atoms with van der Waals surface area (Å²) < 4.78 is 27.9. The minimum atomic E-state index is -0.793. The number of aryl methyl sites for hydroxylation is 1. The van der Waals surface area contributed by atoms with E-state index in [0.29, 0.717) is 17.9 Å². The van der Waals surface area contributed by atoms with E-state index in [1.54, 1.807) is 19.1 Å². The summed E-state index contributed by atoms with van der Waals surface area (Å²) in [5.41, 5.74) is 0.652. The Hall–Kier alpha value is -1.36. The van der Waals surface area contributed by atoms with Gasteiger partial charge < -0.3 is 0 Å². The molecule has 0 heterocycles. The molecule has 1 saturated carbocycles. The first-order valence-corrected chi connectivity index (χ1v) is 8.55. The average Bonchev–Trinajstić information content (AvgIpc) is 2.53. The monoisotopic (exact) mass is 304 g/mol. The van der Waals surface area contributed by atoms with Crippen molar-refractivity contribution in [3.8, 4) is 11.8 Å². The average molecular weight is 304 g/mol. The third kappa shape index (κ3) is 4.32. The van der Waals surface area contributed by atoms with Gasteiger partial charge in [-0.25, -0.2) is 8.78 Å². The molecule has 1 fully saturated rings. The number of rotatable bonds is 5. The second-order valence-corrected chi connectivity index (χ2v) is 6.49. The molecule has 0 spiro atoms. The Morgan fingerprint density at radius 3 is 2.23 bits per heavy atom. The molecule has 1 aliphatic carbocycles. The third-order valence-electron chi connectivity index (χ3n) is 4.91. The van der Waals surface area contributed by atoms with E-state index < -0.39 is 11.6 Å². The predicted octanol–water partition coefficient (Wildman–Crippen LogP) is 5.88. The molecule has 0 nitrogen and oxygen atoms in total. The number of halogens is 2. The molecule has 0 unspecified atom stereocenters. The van der Waals surface area contributed by atoms with Crippen LogP contribution in [0.4, 0.5) is 8.78 Å². The van der Waals surface area contributed by atoms with Gasteiger partial charge in [-0.05, 0) is 43.2 Å². The number of hydrogen-bond donors (Lipinski definition) is 0. The SMILES string of the molecule is CC#Cc1ccc(CCC2CCC(CCC)CC2)c(F)c1F. The zero-order valence-electron chi connectivity index (χ0n) is 13.7. The molecule has 0 aliphatic heterocycles. The quantitative estimate of drug-likeness (QED) is 0.596. The Morgan fingerprint density at radius 2 is 1.64 bits per heavy atom. The second-order valence-electron chi connectivity index (χ2n) is 6.49. The Bertz CT molecular complexity index is 543. The lowest BCUT2D eigenvalue weighted by atomic mass is 9.78. The maximum Gasteiger partial charge on any atom is 0.174 e. The molecule has 0 aromatic heterocycles. The summed E-state index contributed by atoms with van der Waals surface area (Å²) in [6, 6.07) is 3.29. The summed E-state index contributed by atoms with van der Waals surface area (Å²) in [6.45, 7) is 3.87. The Labute approximate surface area is 133 Å². The van der Waals surface area contributed by atoms with E-state index in [1.165, 1.54) is 38.5 Å². The molecule has 120 valence electrons. The first kappa shape index (κ1) is 17.0. The van der Waals surface area contributed by atoms with Crippen LogP contribution in [0.3, 0.4) is 0 Å². The summed E-state index contributed by atoms with van der Waals surface area (Å²) >= 11 is 0. The van der Waals surface area contributed by atoms with Crippen molar-refractivity contribution < 1.29 is 8.78 Å². The van der Waals surface area contributed by atoms with Crippen molar-refractivity contribution in [3.63, 3.8) is 0 Å². The van der Waals surface area contributed by atoms with Gasteiger partial charge in [0.05, 0.1) is 5.56 Å². The van der Waals surface area contributed by atoms with Crippen LogP contribution >= 0.6 is 0 Å². The van der Waals surface area contributed by atoms with E-state index in [-0.39, 0.29) is 5.56 Å². The highest BCUT2D eigenvalue weighted by atomic mass is 19.2. The molecule has 0 radical (unpaired) electrons. The number of benzene rings is 1. The van der Waals surface area contributed by atoms with Gasteiger partial charge in [-0.15, -0.1) is 5.92 Å². The van der Waals surface area contributed by atoms with Gasteiger partial charge in [-0.1, -0.05) is 57.4 Å². The van der Waals surface area contributed by atoms with Crippen LogP contribution < -0.4 is 0 Å². The van der Waals surface area contributed by atoms with Gasteiger partial charge in [0.1, 0.15) is 0 Å². The molecule has 0 atom stereocenters. The van der Waals surface area contributed by atoms with E-state index in [9.17, 15) is 8.78 Å². The summed E-state index contributed by atoms with van der Waals surface area (Å²) in [6.07, 6.45) is 9.31. The molecule has 1 aliphatic rings. The largest absolute Gasteiger partial charge is 0.203 e. The van der Waals surface area contributed by atoms with E-state index in [2.05, 4.69) is 18.8 Å². The lowest BCUT2D eigenvalue weighted by Gasteiger charge is -2.28. The zero-order valence-corrected chi connectivity index (χ0v) is 13.7. The highest BCUT2D eigenvalue weighted by molar-refractivity contribution is 5.38. The van der Waals surface area contributed by atoms with Gasteiger partial charge in [-0.3, -0.25) is 0 Å². The van der Waals surface area contributed by atoms with Crippen LogP contribution in [-0.2, 0) is 6.42 Å². The van der Waals surface area contributed by atoms with Crippen LogP contribution in [0.25, 0.3) is 0 Å². The standard InChI is InChI=1S/C20H26F2/c1-3-5-15-7-9-16(10-8-15)11-12-18-14-13-17(6-4-2)19(21)20(18)22/h13-16H,3,5,7-12H2,1-2H3. The maximum absolute atomic E-state index is 14.1. The maximum atomic E-state index is 14.1. The van der Waals surface area contributed by atoms with Crippen LogP contribution in [-0.4, -0.2) is 0 Å². The molecule has 0 saturated heterocycles. The zero-order chi connectivity index (χ0) is 15.9. The highest BCUT2D eigenvalue weighted by Gasteiger charge is 2.21. The lowest BCUT2D eigenvalue weighted by molar-refractivity contribution is 0.251. The summed E-state index contributed by atoms with van der Waals surface area (Å²) in [7, 11) is 0. The van der Waals surface area contributed by atoms with Crippen molar-refractivity contribution in [2.45, 2.75) is 65.2 Å². The van der Waals surface area contributed by atoms with Crippen LogP contribution in [0.15, 0.2) is 12.1 Å². The van der Waals surface area contributed by atoms with Crippen molar-refractivity contribution in [2.24, 2.45) is 11.8 Å². The fourth-order valence-corrected chi connectivity index (χ4v) is 3.59. The van der Waals surface area contributed by atoms with Gasteiger partial charge in [0, 0.05) is 0 Å². The van der Waals surface area contributed by atoms with Crippen molar-refractivity contribution in [3.05, 3.63) is 34.9 Å². The van der Waals surface area contributed by atoms with E-state index >= 15 is 0 Å². The molecule has 0 N–H and O–H groups in total. The third-order valence-corrected chi connectivity index (χ3v) is 4.91. The minimum absolute atomic E-state index is 0.156. The fraction of sp³-hybridized carbons (Fsp3) is 0.600. The topological polar surface area (TPSA) is 0 Å². The molecule has 1 aromatic carbocycles. The van der Waals surface area contributed by atoms with E-state index in [1.807, 2.05) is 0 Å². The molecule has 1 aromatic rings. The van der Waals surface area contributed by atoms with Gasteiger partial charge in [-0.2, -0.15) is 0 Å². The first-order chi connectivity index (χ1) is 10.7.